The van der Waals surface area contributed by atoms with Crippen molar-refractivity contribution in [3.8, 4) is 0 Å². The van der Waals surface area contributed by atoms with Crippen LogP contribution in [-0.2, 0) is 11.2 Å². The summed E-state index contributed by atoms with van der Waals surface area (Å²) in [7, 11) is 0. The number of hydrogen-bond acceptors (Lipinski definition) is 3. The van der Waals surface area contributed by atoms with E-state index in [0.29, 0.717) is 0 Å². The second kappa shape index (κ2) is 5.82. The van der Waals surface area contributed by atoms with Gasteiger partial charge < -0.3 is 15.5 Å². The Bertz CT molecular complexity index is 617. The van der Waals surface area contributed by atoms with Crippen molar-refractivity contribution in [2.75, 3.05) is 5.32 Å². The average Bonchev–Trinajstić information content (AvgIpc) is 2.70. The molecule has 4 nitrogen and oxygen atoms in total. The number of nitrogens with one attached hydrogen (secondary N) is 1. The Kier molecular flexibility index (Phi) is 4.13. The van der Waals surface area contributed by atoms with Crippen LogP contribution in [-0.4, -0.2) is 5.91 Å². The van der Waals surface area contributed by atoms with Gasteiger partial charge in [0.2, 0.25) is 5.91 Å². The number of furan rings is 1. The van der Waals surface area contributed by atoms with Crippen molar-refractivity contribution in [1.82, 2.24) is 0 Å². The van der Waals surface area contributed by atoms with Gasteiger partial charge in [0, 0.05) is 11.3 Å². The number of carbonyl (C=O) groups excluding carboxylic acids is 1. The van der Waals surface area contributed by atoms with E-state index < -0.39 is 0 Å². The van der Waals surface area contributed by atoms with Gasteiger partial charge in [-0.15, -0.1) is 0 Å². The van der Waals surface area contributed by atoms with Crippen LogP contribution in [0.5, 0.6) is 0 Å². The molecule has 0 spiro atoms. The molecule has 1 unspecified atom stereocenters. The molecular weight excluding hydrogens is 252 g/mol. The van der Waals surface area contributed by atoms with Gasteiger partial charge in [-0.1, -0.05) is 18.2 Å². The number of hydrogen-bond donors (Lipinski definition) is 2. The molecule has 1 heterocycles. The first kappa shape index (κ1) is 14.2. The fourth-order valence-corrected chi connectivity index (χ4v) is 2.39. The number of amides is 1. The average molecular weight is 272 g/mol. The molecule has 1 aromatic carbocycles. The van der Waals surface area contributed by atoms with E-state index in [4.69, 9.17) is 10.2 Å². The highest BCUT2D eigenvalue weighted by molar-refractivity contribution is 5.78. The molecule has 0 saturated carbocycles. The van der Waals surface area contributed by atoms with E-state index in [0.717, 1.165) is 28.3 Å². The fourth-order valence-electron chi connectivity index (χ4n) is 2.39. The third kappa shape index (κ3) is 3.20. The number of rotatable bonds is 5. The molecular formula is C16H20N2O2. The summed E-state index contributed by atoms with van der Waals surface area (Å²) in [5.74, 6) is 1.48. The van der Waals surface area contributed by atoms with Crippen molar-refractivity contribution in [2.45, 2.75) is 33.2 Å². The zero-order valence-corrected chi connectivity index (χ0v) is 12.1. The summed E-state index contributed by atoms with van der Waals surface area (Å²) in [5, 5.41) is 3.42. The van der Waals surface area contributed by atoms with Gasteiger partial charge in [-0.25, -0.2) is 0 Å². The summed E-state index contributed by atoms with van der Waals surface area (Å²) in [6.45, 7) is 5.96. The number of aryl methyl sites for hydroxylation is 2. The Balaban J connectivity index is 2.21. The van der Waals surface area contributed by atoms with E-state index in [9.17, 15) is 4.79 Å². The van der Waals surface area contributed by atoms with E-state index in [1.807, 2.05) is 44.2 Å². The second-order valence-electron chi connectivity index (χ2n) is 5.03. The van der Waals surface area contributed by atoms with E-state index >= 15 is 0 Å². The predicted molar refractivity (Wildman–Crippen MR) is 79.6 cm³/mol. The van der Waals surface area contributed by atoms with Gasteiger partial charge in [0.1, 0.15) is 11.5 Å². The van der Waals surface area contributed by atoms with Crippen molar-refractivity contribution in [1.29, 1.82) is 0 Å². The zero-order chi connectivity index (χ0) is 14.7. The van der Waals surface area contributed by atoms with Gasteiger partial charge >= 0.3 is 0 Å². The third-order valence-electron chi connectivity index (χ3n) is 3.30. The van der Waals surface area contributed by atoms with E-state index in [-0.39, 0.29) is 18.4 Å². The van der Waals surface area contributed by atoms with Gasteiger partial charge in [-0.2, -0.15) is 0 Å². The lowest BCUT2D eigenvalue weighted by molar-refractivity contribution is -0.117. The number of para-hydroxylation sites is 1. The maximum atomic E-state index is 11.1. The molecule has 0 fully saturated rings. The topological polar surface area (TPSA) is 68.3 Å². The van der Waals surface area contributed by atoms with Crippen LogP contribution in [0.15, 0.2) is 34.7 Å². The number of benzene rings is 1. The molecule has 2 aromatic rings. The smallest absolute Gasteiger partial charge is 0.221 e. The van der Waals surface area contributed by atoms with Crippen molar-refractivity contribution in [3.63, 3.8) is 0 Å². The molecule has 0 saturated heterocycles. The molecule has 2 rings (SSSR count). The quantitative estimate of drug-likeness (QED) is 0.878. The molecule has 4 heteroatoms. The van der Waals surface area contributed by atoms with Crippen LogP contribution in [0.25, 0.3) is 0 Å². The molecule has 0 radical (unpaired) electrons. The van der Waals surface area contributed by atoms with Crippen LogP contribution < -0.4 is 11.1 Å². The SMILES string of the molecule is Cc1cc(C(C)Nc2ccccc2CC(N)=O)c(C)o1. The number of carbonyl (C=O) groups is 1. The van der Waals surface area contributed by atoms with E-state index in [1.165, 1.54) is 0 Å². The van der Waals surface area contributed by atoms with Gasteiger partial charge in [-0.3, -0.25) is 4.79 Å². The van der Waals surface area contributed by atoms with Crippen molar-refractivity contribution < 1.29 is 9.21 Å². The highest BCUT2D eigenvalue weighted by Gasteiger charge is 2.14. The maximum absolute atomic E-state index is 11.1. The first-order valence-corrected chi connectivity index (χ1v) is 6.67. The molecule has 20 heavy (non-hydrogen) atoms. The Hall–Kier alpha value is -2.23. The van der Waals surface area contributed by atoms with Gasteiger partial charge in [-0.05, 0) is 38.5 Å². The number of anilines is 1. The minimum atomic E-state index is -0.331. The molecule has 0 aliphatic heterocycles. The molecule has 106 valence electrons. The minimum Gasteiger partial charge on any atom is -0.466 e. The highest BCUT2D eigenvalue weighted by atomic mass is 16.3. The second-order valence-corrected chi connectivity index (χ2v) is 5.03. The first-order chi connectivity index (χ1) is 9.47. The fraction of sp³-hybridized carbons (Fsp3) is 0.312. The van der Waals surface area contributed by atoms with Crippen LogP contribution in [0, 0.1) is 13.8 Å². The summed E-state index contributed by atoms with van der Waals surface area (Å²) in [6.07, 6.45) is 0.235. The first-order valence-electron chi connectivity index (χ1n) is 6.67. The highest BCUT2D eigenvalue weighted by Crippen LogP contribution is 2.26. The van der Waals surface area contributed by atoms with Crippen molar-refractivity contribution in [3.05, 3.63) is 53.0 Å². The standard InChI is InChI=1S/C16H20N2O2/c1-10-8-14(12(3)20-10)11(2)18-15-7-5-4-6-13(15)9-16(17)19/h4-8,11,18H,9H2,1-3H3,(H2,17,19). The maximum Gasteiger partial charge on any atom is 0.221 e. The zero-order valence-electron chi connectivity index (χ0n) is 12.1. The molecule has 1 amide bonds. The predicted octanol–water partition coefficient (Wildman–Crippen LogP) is 3.10. The van der Waals surface area contributed by atoms with Gasteiger partial charge in [0.25, 0.3) is 0 Å². The molecule has 0 aliphatic rings. The summed E-state index contributed by atoms with van der Waals surface area (Å²) >= 11 is 0. The minimum absolute atomic E-state index is 0.0986. The van der Waals surface area contributed by atoms with Crippen LogP contribution in [0.1, 0.15) is 35.6 Å². The van der Waals surface area contributed by atoms with E-state index in [2.05, 4.69) is 12.2 Å². The van der Waals surface area contributed by atoms with Crippen LogP contribution in [0.4, 0.5) is 5.69 Å². The lowest BCUT2D eigenvalue weighted by Gasteiger charge is -2.17. The van der Waals surface area contributed by atoms with Crippen LogP contribution >= 0.6 is 0 Å². The Morgan fingerprint density at radius 2 is 2.05 bits per heavy atom. The summed E-state index contributed by atoms with van der Waals surface area (Å²) < 4.78 is 5.55. The molecule has 1 atom stereocenters. The Morgan fingerprint density at radius 3 is 2.65 bits per heavy atom. The number of nitrogens with two attached hydrogens (primary N) is 1. The largest absolute Gasteiger partial charge is 0.466 e. The monoisotopic (exact) mass is 272 g/mol. The van der Waals surface area contributed by atoms with Crippen molar-refractivity contribution in [2.24, 2.45) is 5.73 Å². The molecule has 1 aromatic heterocycles. The van der Waals surface area contributed by atoms with Gasteiger partial charge in [0.15, 0.2) is 0 Å². The summed E-state index contributed by atoms with van der Waals surface area (Å²) in [6, 6.07) is 9.84. The normalized spacial score (nSPS) is 12.2. The summed E-state index contributed by atoms with van der Waals surface area (Å²) in [4.78, 5) is 11.1. The molecule has 0 aliphatic carbocycles. The van der Waals surface area contributed by atoms with Crippen LogP contribution in [0.2, 0.25) is 0 Å². The number of primary amides is 1. The van der Waals surface area contributed by atoms with Crippen LogP contribution in [0.3, 0.4) is 0 Å². The lowest BCUT2D eigenvalue weighted by atomic mass is 10.1. The van der Waals surface area contributed by atoms with Gasteiger partial charge in [0.05, 0.1) is 12.5 Å². The van der Waals surface area contributed by atoms with Crippen molar-refractivity contribution >= 4 is 11.6 Å². The third-order valence-corrected chi connectivity index (χ3v) is 3.30. The molecule has 3 N–H and O–H groups in total. The Morgan fingerprint density at radius 1 is 1.35 bits per heavy atom. The Labute approximate surface area is 119 Å². The summed E-state index contributed by atoms with van der Waals surface area (Å²) in [5.41, 5.74) is 8.24. The lowest BCUT2D eigenvalue weighted by Crippen LogP contribution is -2.16. The molecule has 0 bridgehead atoms. The van der Waals surface area contributed by atoms with E-state index in [1.54, 1.807) is 0 Å².